The van der Waals surface area contributed by atoms with Crippen molar-refractivity contribution in [1.29, 1.82) is 0 Å². The molecule has 0 aliphatic carbocycles. The zero-order valence-corrected chi connectivity index (χ0v) is 18.1. The molecule has 1 fully saturated rings. The molecule has 0 radical (unpaired) electrons. The van der Waals surface area contributed by atoms with E-state index in [1.807, 2.05) is 0 Å². The number of nitrogens with one attached hydrogen (secondary N) is 1. The molecule has 1 aromatic heterocycles. The summed E-state index contributed by atoms with van der Waals surface area (Å²) in [6.45, 7) is 3.16. The normalized spacial score (nSPS) is 13.3. The van der Waals surface area contributed by atoms with Crippen molar-refractivity contribution in [3.63, 3.8) is 0 Å². The largest absolute Gasteiger partial charge is 0.484 e. The van der Waals surface area contributed by atoms with Crippen LogP contribution in [-0.4, -0.2) is 51.4 Å². The molecule has 0 saturated carbocycles. The first kappa shape index (κ1) is 21.8. The first-order valence-corrected chi connectivity index (χ1v) is 10.5. The van der Waals surface area contributed by atoms with Gasteiger partial charge in [-0.2, -0.15) is 0 Å². The molecule has 2 heterocycles. The van der Waals surface area contributed by atoms with Gasteiger partial charge in [0, 0.05) is 24.8 Å². The van der Waals surface area contributed by atoms with Crippen molar-refractivity contribution >= 4 is 29.1 Å². The summed E-state index contributed by atoms with van der Waals surface area (Å²) in [4.78, 5) is 26.7. The number of hydrogen-bond donors (Lipinski definition) is 1. The molecule has 4 rings (SSSR count). The molecular formula is C22H21ClFN5O3. The molecule has 1 saturated heterocycles. The minimum absolute atomic E-state index is 0.0505. The van der Waals surface area contributed by atoms with Gasteiger partial charge in [-0.3, -0.25) is 9.59 Å². The fraction of sp³-hybridized carbons (Fsp3) is 0.273. The second-order valence-corrected chi connectivity index (χ2v) is 7.80. The van der Waals surface area contributed by atoms with E-state index in [2.05, 4.69) is 15.6 Å². The van der Waals surface area contributed by atoms with Crippen LogP contribution in [0.25, 0.3) is 5.69 Å². The predicted molar refractivity (Wildman–Crippen MR) is 117 cm³/mol. The summed E-state index contributed by atoms with van der Waals surface area (Å²) >= 11 is 5.84. The van der Waals surface area contributed by atoms with Crippen molar-refractivity contribution < 1.29 is 18.7 Å². The van der Waals surface area contributed by atoms with Crippen molar-refractivity contribution in [3.05, 3.63) is 64.7 Å². The number of anilines is 1. The van der Waals surface area contributed by atoms with Crippen LogP contribution in [0.4, 0.5) is 10.1 Å². The second-order valence-electron chi connectivity index (χ2n) is 7.39. The summed E-state index contributed by atoms with van der Waals surface area (Å²) in [7, 11) is 0. The van der Waals surface area contributed by atoms with Crippen molar-refractivity contribution in [2.24, 2.45) is 0 Å². The first-order valence-electron chi connectivity index (χ1n) is 10.1. The highest BCUT2D eigenvalue weighted by molar-refractivity contribution is 6.30. The maximum Gasteiger partial charge on any atom is 0.278 e. The van der Waals surface area contributed by atoms with Gasteiger partial charge in [0.1, 0.15) is 11.6 Å². The van der Waals surface area contributed by atoms with Crippen molar-refractivity contribution in [3.8, 4) is 11.4 Å². The van der Waals surface area contributed by atoms with Gasteiger partial charge in [0.25, 0.3) is 11.8 Å². The third kappa shape index (κ3) is 4.72. The number of aromatic nitrogens is 3. The molecule has 166 valence electrons. The number of rotatable bonds is 6. The van der Waals surface area contributed by atoms with E-state index >= 15 is 0 Å². The van der Waals surface area contributed by atoms with Crippen LogP contribution in [0.2, 0.25) is 5.02 Å². The van der Waals surface area contributed by atoms with Crippen LogP contribution < -0.4 is 10.1 Å². The molecule has 1 aliphatic rings. The van der Waals surface area contributed by atoms with Crippen molar-refractivity contribution in [2.75, 3.05) is 25.0 Å². The minimum Gasteiger partial charge on any atom is -0.484 e. The fourth-order valence-electron chi connectivity index (χ4n) is 3.46. The smallest absolute Gasteiger partial charge is 0.278 e. The van der Waals surface area contributed by atoms with Crippen LogP contribution in [0.1, 0.15) is 29.0 Å². The van der Waals surface area contributed by atoms with Crippen molar-refractivity contribution in [2.45, 2.75) is 19.8 Å². The number of nitrogens with zero attached hydrogens (tertiary/aromatic N) is 4. The highest BCUT2D eigenvalue weighted by Gasteiger charge is 2.20. The van der Waals surface area contributed by atoms with E-state index < -0.39 is 11.7 Å². The minimum atomic E-state index is -0.546. The molecule has 8 nitrogen and oxygen atoms in total. The average molecular weight is 458 g/mol. The lowest BCUT2D eigenvalue weighted by Gasteiger charge is -2.15. The Kier molecular flexibility index (Phi) is 6.36. The lowest BCUT2D eigenvalue weighted by Crippen LogP contribution is -2.32. The number of likely N-dealkylation sites (tertiary alicyclic amines) is 1. The Bertz CT molecular complexity index is 1160. The van der Waals surface area contributed by atoms with E-state index in [0.717, 1.165) is 25.9 Å². The summed E-state index contributed by atoms with van der Waals surface area (Å²) in [6, 6.07) is 10.9. The average Bonchev–Trinajstić information content (AvgIpc) is 3.44. The van der Waals surface area contributed by atoms with E-state index in [1.165, 1.54) is 22.9 Å². The Morgan fingerprint density at radius 1 is 1.19 bits per heavy atom. The molecule has 0 spiro atoms. The van der Waals surface area contributed by atoms with Gasteiger partial charge in [0.2, 0.25) is 0 Å². The van der Waals surface area contributed by atoms with Gasteiger partial charge >= 0.3 is 0 Å². The Morgan fingerprint density at radius 2 is 1.97 bits per heavy atom. The van der Waals surface area contributed by atoms with E-state index in [0.29, 0.717) is 22.8 Å². The maximum absolute atomic E-state index is 13.4. The van der Waals surface area contributed by atoms with Gasteiger partial charge in [-0.25, -0.2) is 9.07 Å². The maximum atomic E-state index is 13.4. The molecule has 0 unspecified atom stereocenters. The molecule has 0 atom stereocenters. The number of benzene rings is 2. The van der Waals surface area contributed by atoms with Gasteiger partial charge in [0.15, 0.2) is 12.3 Å². The van der Waals surface area contributed by atoms with Crippen molar-refractivity contribution in [1.82, 2.24) is 19.9 Å². The number of halogens is 2. The van der Waals surface area contributed by atoms with Gasteiger partial charge < -0.3 is 15.0 Å². The molecular weight excluding hydrogens is 437 g/mol. The Labute approximate surface area is 188 Å². The van der Waals surface area contributed by atoms with E-state index in [1.54, 1.807) is 36.1 Å². The molecule has 1 N–H and O–H groups in total. The van der Waals surface area contributed by atoms with E-state index in [4.69, 9.17) is 16.3 Å². The van der Waals surface area contributed by atoms with Gasteiger partial charge in [0.05, 0.1) is 16.4 Å². The summed E-state index contributed by atoms with van der Waals surface area (Å²) in [6.07, 6.45) is 2.04. The second kappa shape index (κ2) is 9.35. The third-order valence-electron chi connectivity index (χ3n) is 5.17. The van der Waals surface area contributed by atoms with Crippen LogP contribution in [0.5, 0.6) is 5.75 Å². The van der Waals surface area contributed by atoms with Crippen LogP contribution in [-0.2, 0) is 4.79 Å². The highest BCUT2D eigenvalue weighted by atomic mass is 35.5. The summed E-state index contributed by atoms with van der Waals surface area (Å²) < 4.78 is 20.4. The molecule has 10 heteroatoms. The fourth-order valence-corrected chi connectivity index (χ4v) is 3.63. The Balaban J connectivity index is 1.43. The van der Waals surface area contributed by atoms with Crippen LogP contribution >= 0.6 is 11.6 Å². The predicted octanol–water partition coefficient (Wildman–Crippen LogP) is 3.62. The Morgan fingerprint density at radius 3 is 2.72 bits per heavy atom. The standard InChI is InChI=1S/C22H21ClFN5O3/c1-14-21(26-27-29(14)16-7-8-19(24)18(23)12-16)22(31)25-15-5-4-6-17(11-15)32-13-20(30)28-9-2-3-10-28/h4-8,11-12H,2-3,9-10,13H2,1H3,(H,25,31). The van der Waals surface area contributed by atoms with Crippen LogP contribution in [0, 0.1) is 12.7 Å². The number of hydrogen-bond acceptors (Lipinski definition) is 5. The van der Waals surface area contributed by atoms with Crippen LogP contribution in [0.3, 0.4) is 0 Å². The number of ether oxygens (including phenoxy) is 1. The monoisotopic (exact) mass is 457 g/mol. The third-order valence-corrected chi connectivity index (χ3v) is 5.46. The van der Waals surface area contributed by atoms with Crippen LogP contribution in [0.15, 0.2) is 42.5 Å². The molecule has 2 aromatic carbocycles. The number of carbonyl (C=O) groups is 2. The van der Waals surface area contributed by atoms with Gasteiger partial charge in [-0.1, -0.05) is 22.9 Å². The van der Waals surface area contributed by atoms with Gasteiger partial charge in [-0.05, 0) is 50.1 Å². The molecule has 2 amide bonds. The number of carbonyl (C=O) groups excluding carboxylic acids is 2. The number of amides is 2. The molecule has 1 aliphatic heterocycles. The molecule has 0 bridgehead atoms. The molecule has 32 heavy (non-hydrogen) atoms. The zero-order chi connectivity index (χ0) is 22.7. The first-order chi connectivity index (χ1) is 15.4. The lowest BCUT2D eigenvalue weighted by molar-refractivity contribution is -0.132. The zero-order valence-electron chi connectivity index (χ0n) is 17.3. The molecule has 3 aromatic rings. The quantitative estimate of drug-likeness (QED) is 0.610. The summed E-state index contributed by atoms with van der Waals surface area (Å²) in [5.41, 5.74) is 1.55. The Hall–Kier alpha value is -3.46. The summed E-state index contributed by atoms with van der Waals surface area (Å²) in [5, 5.41) is 10.6. The SMILES string of the molecule is Cc1c(C(=O)Nc2cccc(OCC(=O)N3CCCC3)c2)nnn1-c1ccc(F)c(Cl)c1. The van der Waals surface area contributed by atoms with E-state index in [9.17, 15) is 14.0 Å². The van der Waals surface area contributed by atoms with Gasteiger partial charge in [-0.15, -0.1) is 5.10 Å². The lowest BCUT2D eigenvalue weighted by atomic mass is 10.2. The highest BCUT2D eigenvalue weighted by Crippen LogP contribution is 2.22. The van der Waals surface area contributed by atoms with E-state index in [-0.39, 0.29) is 23.2 Å². The summed E-state index contributed by atoms with van der Waals surface area (Å²) in [5.74, 6) is -0.593. The topological polar surface area (TPSA) is 89.3 Å².